The van der Waals surface area contributed by atoms with E-state index in [9.17, 15) is 4.79 Å². The maximum atomic E-state index is 12.3. The van der Waals surface area contributed by atoms with Gasteiger partial charge in [-0.05, 0) is 55.7 Å². The molecule has 1 amide bonds. The second-order valence-corrected chi connectivity index (χ2v) is 7.96. The molecule has 0 aliphatic carbocycles. The highest BCUT2D eigenvalue weighted by atomic mass is 32.1. The lowest BCUT2D eigenvalue weighted by Crippen LogP contribution is -2.45. The molecule has 1 heterocycles. The summed E-state index contributed by atoms with van der Waals surface area (Å²) >= 11 is 1.71. The molecule has 0 fully saturated rings. The molecule has 2 rings (SSSR count). The highest BCUT2D eigenvalue weighted by molar-refractivity contribution is 7.10. The van der Waals surface area contributed by atoms with Crippen LogP contribution in [0.25, 0.3) is 0 Å². The van der Waals surface area contributed by atoms with Crippen molar-refractivity contribution < 1.29 is 4.79 Å². The number of benzene rings is 1. The first-order chi connectivity index (χ1) is 11.9. The van der Waals surface area contributed by atoms with E-state index < -0.39 is 0 Å². The molecule has 3 nitrogen and oxygen atoms in total. The van der Waals surface area contributed by atoms with E-state index in [-0.39, 0.29) is 24.0 Å². The molecule has 0 spiro atoms. The smallest absolute Gasteiger partial charge is 0.237 e. The fourth-order valence-corrected chi connectivity index (χ4v) is 3.60. The Bertz CT molecular complexity index is 649. The molecular weight excluding hydrogens is 328 g/mol. The molecule has 0 saturated heterocycles. The molecule has 4 heteroatoms. The van der Waals surface area contributed by atoms with Crippen LogP contribution in [0, 0.1) is 0 Å². The van der Waals surface area contributed by atoms with Gasteiger partial charge in [0.2, 0.25) is 5.91 Å². The minimum absolute atomic E-state index is 0.0268. The summed E-state index contributed by atoms with van der Waals surface area (Å²) in [6.45, 7) is 10.3. The quantitative estimate of drug-likeness (QED) is 0.708. The van der Waals surface area contributed by atoms with Gasteiger partial charge in [0.1, 0.15) is 0 Å². The Labute approximate surface area is 155 Å². The number of carbonyl (C=O) groups excluding carboxylic acids is 1. The number of rotatable bonds is 8. The molecule has 0 bridgehead atoms. The van der Waals surface area contributed by atoms with Crippen LogP contribution in [0.5, 0.6) is 0 Å². The average molecular weight is 359 g/mol. The molecule has 0 saturated carbocycles. The summed E-state index contributed by atoms with van der Waals surface area (Å²) in [6, 6.07) is 12.9. The van der Waals surface area contributed by atoms with Crippen LogP contribution in [0.3, 0.4) is 0 Å². The van der Waals surface area contributed by atoms with Crippen molar-refractivity contribution in [1.82, 2.24) is 10.6 Å². The maximum absolute atomic E-state index is 12.3. The summed E-state index contributed by atoms with van der Waals surface area (Å²) in [7, 11) is 0. The number of nitrogens with one attached hydrogen (secondary N) is 2. The summed E-state index contributed by atoms with van der Waals surface area (Å²) in [5, 5.41) is 8.56. The van der Waals surface area contributed by atoms with Gasteiger partial charge in [-0.1, -0.05) is 44.2 Å². The highest BCUT2D eigenvalue weighted by Gasteiger charge is 2.22. The summed E-state index contributed by atoms with van der Waals surface area (Å²) in [6.07, 6.45) is 1.14. The fraction of sp³-hybridized carbons (Fsp3) is 0.476. The van der Waals surface area contributed by atoms with E-state index >= 15 is 0 Å². The molecule has 25 heavy (non-hydrogen) atoms. The van der Waals surface area contributed by atoms with Gasteiger partial charge in [-0.25, -0.2) is 0 Å². The molecule has 0 radical (unpaired) electrons. The number of hydrogen-bond donors (Lipinski definition) is 2. The molecule has 1 aromatic heterocycles. The monoisotopic (exact) mass is 358 g/mol. The first-order valence-corrected chi connectivity index (χ1v) is 10.00. The largest absolute Gasteiger partial charge is 0.353 e. The van der Waals surface area contributed by atoms with Crippen molar-refractivity contribution in [3.8, 4) is 0 Å². The summed E-state index contributed by atoms with van der Waals surface area (Å²) in [4.78, 5) is 13.5. The normalized spacial score (nSPS) is 15.0. The minimum atomic E-state index is -0.260. The Morgan fingerprint density at radius 2 is 1.68 bits per heavy atom. The van der Waals surface area contributed by atoms with Crippen LogP contribution in [-0.2, 0) is 4.79 Å². The van der Waals surface area contributed by atoms with Crippen LogP contribution >= 0.6 is 11.3 Å². The first-order valence-electron chi connectivity index (χ1n) is 9.12. The van der Waals surface area contributed by atoms with Gasteiger partial charge in [0.05, 0.1) is 12.1 Å². The molecule has 136 valence electrons. The standard InChI is InChI=1S/C21H30N2OS/c1-6-15(4)17-9-11-18(12-10-17)20(19-8-7-13-25-19)23-16(5)21(24)22-14(2)3/h7-16,20,23H,6H2,1-5H3,(H,22,24)/t15-,16+,20-/m1/s1. The SMILES string of the molecule is CC[C@@H](C)c1ccc([C@@H](N[C@@H](C)C(=O)NC(C)C)c2cccs2)cc1. The zero-order valence-corrected chi connectivity index (χ0v) is 16.7. The van der Waals surface area contributed by atoms with E-state index in [1.165, 1.54) is 16.0 Å². The molecule has 0 unspecified atom stereocenters. The summed E-state index contributed by atoms with van der Waals surface area (Å²) in [5.41, 5.74) is 2.56. The topological polar surface area (TPSA) is 41.1 Å². The Hall–Kier alpha value is -1.65. The van der Waals surface area contributed by atoms with Gasteiger partial charge in [-0.2, -0.15) is 0 Å². The Morgan fingerprint density at radius 3 is 2.20 bits per heavy atom. The van der Waals surface area contributed by atoms with Crippen LogP contribution < -0.4 is 10.6 Å². The molecule has 2 aromatic rings. The van der Waals surface area contributed by atoms with E-state index in [1.807, 2.05) is 20.8 Å². The number of thiophene rings is 1. The molecule has 1 aromatic carbocycles. The van der Waals surface area contributed by atoms with Crippen LogP contribution in [0.2, 0.25) is 0 Å². The zero-order chi connectivity index (χ0) is 18.4. The third-order valence-corrected chi connectivity index (χ3v) is 5.46. The predicted octanol–water partition coefficient (Wildman–Crippen LogP) is 4.85. The first kappa shape index (κ1) is 19.7. The van der Waals surface area contributed by atoms with E-state index in [2.05, 4.69) is 66.3 Å². The summed E-state index contributed by atoms with van der Waals surface area (Å²) in [5.74, 6) is 0.603. The van der Waals surface area contributed by atoms with Crippen molar-refractivity contribution in [1.29, 1.82) is 0 Å². The van der Waals surface area contributed by atoms with Crippen molar-refractivity contribution in [3.05, 3.63) is 57.8 Å². The van der Waals surface area contributed by atoms with Crippen molar-refractivity contribution in [3.63, 3.8) is 0 Å². The van der Waals surface area contributed by atoms with Crippen molar-refractivity contribution in [2.75, 3.05) is 0 Å². The molecule has 3 atom stereocenters. The second-order valence-electron chi connectivity index (χ2n) is 6.98. The van der Waals surface area contributed by atoms with Gasteiger partial charge in [0, 0.05) is 10.9 Å². The van der Waals surface area contributed by atoms with E-state index in [0.717, 1.165) is 6.42 Å². The van der Waals surface area contributed by atoms with Gasteiger partial charge in [0.25, 0.3) is 0 Å². The summed E-state index contributed by atoms with van der Waals surface area (Å²) < 4.78 is 0. The van der Waals surface area contributed by atoms with Crippen molar-refractivity contribution >= 4 is 17.2 Å². The van der Waals surface area contributed by atoms with E-state index in [4.69, 9.17) is 0 Å². The van der Waals surface area contributed by atoms with Gasteiger partial charge >= 0.3 is 0 Å². The Kier molecular flexibility index (Phi) is 7.21. The molecular formula is C21H30N2OS. The van der Waals surface area contributed by atoms with Crippen LogP contribution in [-0.4, -0.2) is 18.0 Å². The molecule has 0 aliphatic heterocycles. The molecule has 0 aliphatic rings. The minimum Gasteiger partial charge on any atom is -0.353 e. The number of hydrogen-bond acceptors (Lipinski definition) is 3. The van der Waals surface area contributed by atoms with Crippen LogP contribution in [0.15, 0.2) is 41.8 Å². The Balaban J connectivity index is 2.21. The molecule has 2 N–H and O–H groups in total. The number of amides is 1. The Morgan fingerprint density at radius 1 is 1.04 bits per heavy atom. The third-order valence-electron chi connectivity index (χ3n) is 4.52. The third kappa shape index (κ3) is 5.41. The van der Waals surface area contributed by atoms with Gasteiger partial charge in [-0.15, -0.1) is 11.3 Å². The van der Waals surface area contributed by atoms with Gasteiger partial charge in [0.15, 0.2) is 0 Å². The lowest BCUT2D eigenvalue weighted by molar-refractivity contribution is -0.123. The predicted molar refractivity (Wildman–Crippen MR) is 107 cm³/mol. The average Bonchev–Trinajstić information content (AvgIpc) is 3.12. The lowest BCUT2D eigenvalue weighted by Gasteiger charge is -2.24. The van der Waals surface area contributed by atoms with E-state index in [0.29, 0.717) is 5.92 Å². The van der Waals surface area contributed by atoms with Crippen molar-refractivity contribution in [2.24, 2.45) is 0 Å². The zero-order valence-electron chi connectivity index (χ0n) is 15.9. The van der Waals surface area contributed by atoms with Gasteiger partial charge < -0.3 is 5.32 Å². The fourth-order valence-electron chi connectivity index (χ4n) is 2.79. The van der Waals surface area contributed by atoms with Crippen LogP contribution in [0.4, 0.5) is 0 Å². The maximum Gasteiger partial charge on any atom is 0.237 e. The lowest BCUT2D eigenvalue weighted by atomic mass is 9.95. The van der Waals surface area contributed by atoms with Gasteiger partial charge in [-0.3, -0.25) is 10.1 Å². The highest BCUT2D eigenvalue weighted by Crippen LogP contribution is 2.28. The van der Waals surface area contributed by atoms with Crippen LogP contribution in [0.1, 0.15) is 69.0 Å². The second kappa shape index (κ2) is 9.16. The van der Waals surface area contributed by atoms with E-state index in [1.54, 1.807) is 11.3 Å². The van der Waals surface area contributed by atoms with Crippen molar-refractivity contribution in [2.45, 2.75) is 65.1 Å². The number of carbonyl (C=O) groups is 1.